The SMILES string of the molecule is CC1(C)OB(/C=C/[C@H](CCCCCC(=O)O)O[Si](C)(C)C(C)(C)C)OC1(C)C. The number of carboxylic acids is 1. The molecule has 0 unspecified atom stereocenters. The molecule has 162 valence electrons. The van der Waals surface area contributed by atoms with Crippen molar-refractivity contribution in [3.8, 4) is 0 Å². The van der Waals surface area contributed by atoms with Crippen LogP contribution in [0.15, 0.2) is 12.1 Å². The summed E-state index contributed by atoms with van der Waals surface area (Å²) in [4.78, 5) is 10.7. The maximum Gasteiger partial charge on any atom is 0.486 e. The minimum atomic E-state index is -1.91. The van der Waals surface area contributed by atoms with Gasteiger partial charge in [-0.2, -0.15) is 0 Å². The van der Waals surface area contributed by atoms with Crippen molar-refractivity contribution in [1.82, 2.24) is 0 Å². The highest BCUT2D eigenvalue weighted by Gasteiger charge is 2.50. The molecule has 0 bridgehead atoms. The third kappa shape index (κ3) is 7.32. The summed E-state index contributed by atoms with van der Waals surface area (Å²) in [5, 5.41) is 8.93. The highest BCUT2D eigenvalue weighted by Crippen LogP contribution is 2.39. The second-order valence-electron chi connectivity index (χ2n) is 10.4. The van der Waals surface area contributed by atoms with E-state index in [-0.39, 0.29) is 35.9 Å². The second kappa shape index (κ2) is 9.46. The van der Waals surface area contributed by atoms with E-state index in [1.165, 1.54) is 0 Å². The highest BCUT2D eigenvalue weighted by atomic mass is 28.4. The summed E-state index contributed by atoms with van der Waals surface area (Å²) < 4.78 is 18.7. The van der Waals surface area contributed by atoms with Crippen LogP contribution in [0.2, 0.25) is 18.1 Å². The van der Waals surface area contributed by atoms with Gasteiger partial charge in [-0.3, -0.25) is 4.79 Å². The molecule has 0 saturated carbocycles. The third-order valence-corrected chi connectivity index (χ3v) is 10.9. The molecule has 1 atom stereocenters. The predicted octanol–water partition coefficient (Wildman–Crippen LogP) is 5.60. The van der Waals surface area contributed by atoms with Gasteiger partial charge >= 0.3 is 13.1 Å². The molecule has 7 heteroatoms. The van der Waals surface area contributed by atoms with E-state index >= 15 is 0 Å². The van der Waals surface area contributed by atoms with Gasteiger partial charge in [0.15, 0.2) is 8.32 Å². The van der Waals surface area contributed by atoms with Crippen molar-refractivity contribution in [1.29, 1.82) is 0 Å². The van der Waals surface area contributed by atoms with Crippen molar-refractivity contribution in [2.24, 2.45) is 0 Å². The van der Waals surface area contributed by atoms with Gasteiger partial charge in [0.25, 0.3) is 0 Å². The number of unbranched alkanes of at least 4 members (excludes halogenated alkanes) is 2. The lowest BCUT2D eigenvalue weighted by Gasteiger charge is -2.38. The number of hydrogen-bond acceptors (Lipinski definition) is 4. The van der Waals surface area contributed by atoms with Gasteiger partial charge in [-0.05, 0) is 58.7 Å². The van der Waals surface area contributed by atoms with Crippen LogP contribution in [-0.2, 0) is 18.5 Å². The minimum Gasteiger partial charge on any atom is -0.481 e. The van der Waals surface area contributed by atoms with E-state index in [2.05, 4.69) is 39.9 Å². The van der Waals surface area contributed by atoms with Crippen molar-refractivity contribution < 1.29 is 23.6 Å². The molecule has 0 aromatic rings. The zero-order valence-corrected chi connectivity index (χ0v) is 20.4. The molecule has 0 amide bonds. The monoisotopic (exact) mass is 412 g/mol. The molecular formula is C21H41BO5Si. The molecule has 1 aliphatic rings. The largest absolute Gasteiger partial charge is 0.486 e. The van der Waals surface area contributed by atoms with E-state index in [4.69, 9.17) is 18.8 Å². The standard InChI is InChI=1S/C21H41BO5Si/c1-19(2,3)28(8,9)25-17(13-11-10-12-14-18(23)24)15-16-22-26-20(4,5)21(6,7)27-22/h15-17H,10-14H2,1-9H3,(H,23,24)/b16-15+/t17-/m0/s1. The lowest BCUT2D eigenvalue weighted by atomic mass is 9.89. The van der Waals surface area contributed by atoms with Crippen molar-refractivity contribution in [2.45, 2.75) is 116 Å². The maximum atomic E-state index is 10.7. The summed E-state index contributed by atoms with van der Waals surface area (Å²) in [6.45, 7) is 19.4. The first-order valence-corrected chi connectivity index (χ1v) is 13.4. The van der Waals surface area contributed by atoms with Crippen molar-refractivity contribution in [3.63, 3.8) is 0 Å². The average Bonchev–Trinajstić information content (AvgIpc) is 2.70. The Morgan fingerprint density at radius 3 is 2.11 bits per heavy atom. The van der Waals surface area contributed by atoms with Crippen LogP contribution in [0.25, 0.3) is 0 Å². The van der Waals surface area contributed by atoms with Gasteiger partial charge < -0.3 is 18.8 Å². The molecule has 1 saturated heterocycles. The molecule has 1 rings (SSSR count). The molecule has 1 fully saturated rings. The summed E-state index contributed by atoms with van der Waals surface area (Å²) in [5.74, 6) is 1.25. The molecule has 1 N–H and O–H groups in total. The Morgan fingerprint density at radius 1 is 1.11 bits per heavy atom. The van der Waals surface area contributed by atoms with E-state index in [0.29, 0.717) is 6.42 Å². The number of carbonyl (C=O) groups is 1. The molecule has 1 heterocycles. The fourth-order valence-corrected chi connectivity index (χ4v) is 4.04. The third-order valence-electron chi connectivity index (χ3n) is 6.39. The quantitative estimate of drug-likeness (QED) is 0.374. The number of hydrogen-bond donors (Lipinski definition) is 1. The van der Waals surface area contributed by atoms with Crippen LogP contribution in [0.5, 0.6) is 0 Å². The van der Waals surface area contributed by atoms with Crippen LogP contribution in [0.4, 0.5) is 0 Å². The van der Waals surface area contributed by atoms with Gasteiger partial charge in [0.1, 0.15) is 0 Å². The number of carboxylic acid groups (broad SMARTS) is 1. The van der Waals surface area contributed by atoms with Gasteiger partial charge in [0.2, 0.25) is 0 Å². The van der Waals surface area contributed by atoms with E-state index in [9.17, 15) is 4.79 Å². The van der Waals surface area contributed by atoms with Gasteiger partial charge in [-0.25, -0.2) is 0 Å². The van der Waals surface area contributed by atoms with Crippen molar-refractivity contribution in [2.75, 3.05) is 0 Å². The van der Waals surface area contributed by atoms with E-state index in [1.807, 2.05) is 33.7 Å². The lowest BCUT2D eigenvalue weighted by Crippen LogP contribution is -2.43. The van der Waals surface area contributed by atoms with Crippen LogP contribution >= 0.6 is 0 Å². The smallest absolute Gasteiger partial charge is 0.481 e. The Bertz CT molecular complexity index is 535. The first-order valence-electron chi connectivity index (χ1n) is 10.5. The van der Waals surface area contributed by atoms with Crippen LogP contribution < -0.4 is 0 Å². The van der Waals surface area contributed by atoms with E-state index < -0.39 is 14.3 Å². The van der Waals surface area contributed by atoms with Crippen LogP contribution in [0.1, 0.15) is 80.6 Å². The Hall–Kier alpha value is -0.628. The fourth-order valence-electron chi connectivity index (χ4n) is 2.73. The first-order chi connectivity index (χ1) is 12.6. The Morgan fingerprint density at radius 2 is 1.64 bits per heavy atom. The number of aliphatic carboxylic acids is 1. The first kappa shape index (κ1) is 25.4. The van der Waals surface area contributed by atoms with Gasteiger partial charge in [-0.1, -0.05) is 45.7 Å². The number of rotatable bonds is 10. The molecular weight excluding hydrogens is 371 g/mol. The summed E-state index contributed by atoms with van der Waals surface area (Å²) in [5.41, 5.74) is -0.705. The highest BCUT2D eigenvalue weighted by molar-refractivity contribution is 6.74. The topological polar surface area (TPSA) is 65.0 Å². The van der Waals surface area contributed by atoms with Crippen LogP contribution in [-0.4, -0.2) is 43.8 Å². The fraction of sp³-hybridized carbons (Fsp3) is 0.857. The molecule has 0 aromatic heterocycles. The molecule has 0 aliphatic carbocycles. The molecule has 28 heavy (non-hydrogen) atoms. The van der Waals surface area contributed by atoms with Gasteiger partial charge in [0, 0.05) is 6.42 Å². The van der Waals surface area contributed by atoms with Crippen LogP contribution in [0, 0.1) is 0 Å². The Balaban J connectivity index is 2.76. The summed E-state index contributed by atoms with van der Waals surface area (Å²) in [6, 6.07) is 0. The van der Waals surface area contributed by atoms with Gasteiger partial charge in [0.05, 0.1) is 17.3 Å². The van der Waals surface area contributed by atoms with E-state index in [1.54, 1.807) is 0 Å². The molecule has 0 aromatic carbocycles. The molecule has 0 spiro atoms. The van der Waals surface area contributed by atoms with Crippen molar-refractivity contribution in [3.05, 3.63) is 12.1 Å². The zero-order chi connectivity index (χ0) is 21.8. The maximum absolute atomic E-state index is 10.7. The second-order valence-corrected chi connectivity index (χ2v) is 15.2. The minimum absolute atomic E-state index is 0.00950. The normalized spacial score (nSPS) is 20.7. The van der Waals surface area contributed by atoms with Crippen LogP contribution in [0.3, 0.4) is 0 Å². The average molecular weight is 412 g/mol. The Kier molecular flexibility index (Phi) is 8.58. The molecule has 1 aliphatic heterocycles. The zero-order valence-electron chi connectivity index (χ0n) is 19.4. The lowest BCUT2D eigenvalue weighted by molar-refractivity contribution is -0.137. The summed E-state index contributed by atoms with van der Waals surface area (Å²) in [6.07, 6.45) is 5.74. The Labute approximate surface area is 173 Å². The summed E-state index contributed by atoms with van der Waals surface area (Å²) >= 11 is 0. The predicted molar refractivity (Wildman–Crippen MR) is 118 cm³/mol. The van der Waals surface area contributed by atoms with E-state index in [0.717, 1.165) is 19.3 Å². The summed E-state index contributed by atoms with van der Waals surface area (Å²) in [7, 11) is -2.29. The van der Waals surface area contributed by atoms with Crippen molar-refractivity contribution >= 4 is 21.4 Å². The van der Waals surface area contributed by atoms with Gasteiger partial charge in [-0.15, -0.1) is 0 Å². The molecule has 0 radical (unpaired) electrons. The molecule has 5 nitrogen and oxygen atoms in total.